The maximum absolute atomic E-state index is 4.51. The third-order valence-electron chi connectivity index (χ3n) is 3.82. The molecule has 0 amide bonds. The summed E-state index contributed by atoms with van der Waals surface area (Å²) in [7, 11) is 0. The summed E-state index contributed by atoms with van der Waals surface area (Å²) in [5.41, 5.74) is 4.53. The summed E-state index contributed by atoms with van der Waals surface area (Å²) >= 11 is 0. The van der Waals surface area contributed by atoms with E-state index in [1.165, 1.54) is 17.6 Å². The van der Waals surface area contributed by atoms with Gasteiger partial charge in [0.05, 0.1) is 17.9 Å². The van der Waals surface area contributed by atoms with Crippen molar-refractivity contribution < 1.29 is 0 Å². The molecule has 1 N–H and O–H groups in total. The van der Waals surface area contributed by atoms with Crippen LogP contribution in [0.25, 0.3) is 5.69 Å². The molecule has 0 saturated carbocycles. The number of rotatable bonds is 6. The van der Waals surface area contributed by atoms with Crippen molar-refractivity contribution in [1.82, 2.24) is 29.9 Å². The Morgan fingerprint density at radius 2 is 1.96 bits per heavy atom. The minimum Gasteiger partial charge on any atom is -0.308 e. The van der Waals surface area contributed by atoms with Crippen LogP contribution in [0.15, 0.2) is 43.0 Å². The van der Waals surface area contributed by atoms with Crippen molar-refractivity contribution in [3.8, 4) is 5.69 Å². The van der Waals surface area contributed by atoms with Gasteiger partial charge in [0.1, 0.15) is 12.7 Å². The van der Waals surface area contributed by atoms with E-state index >= 15 is 0 Å². The molecule has 1 atom stereocenters. The van der Waals surface area contributed by atoms with E-state index in [4.69, 9.17) is 0 Å². The first-order chi connectivity index (χ1) is 11.1. The minimum absolute atomic E-state index is 0.350. The highest BCUT2D eigenvalue weighted by atomic mass is 15.3. The van der Waals surface area contributed by atoms with Crippen LogP contribution < -0.4 is 5.32 Å². The van der Waals surface area contributed by atoms with E-state index < -0.39 is 0 Å². The van der Waals surface area contributed by atoms with E-state index in [0.29, 0.717) is 6.04 Å². The van der Waals surface area contributed by atoms with Gasteiger partial charge >= 0.3 is 0 Å². The molecule has 2 heterocycles. The Bertz CT molecular complexity index is 742. The summed E-state index contributed by atoms with van der Waals surface area (Å²) in [6.45, 7) is 8.00. The lowest BCUT2D eigenvalue weighted by Gasteiger charge is -2.15. The van der Waals surface area contributed by atoms with Crippen molar-refractivity contribution in [2.45, 2.75) is 39.9 Å². The number of nitrogens with one attached hydrogen (secondary N) is 1. The molecule has 23 heavy (non-hydrogen) atoms. The highest BCUT2D eigenvalue weighted by molar-refractivity contribution is 5.33. The maximum atomic E-state index is 4.51. The van der Waals surface area contributed by atoms with Gasteiger partial charge in [0.15, 0.2) is 0 Å². The van der Waals surface area contributed by atoms with Gasteiger partial charge in [-0.3, -0.25) is 4.68 Å². The summed E-state index contributed by atoms with van der Waals surface area (Å²) in [6, 6.07) is 10.8. The first-order valence-corrected chi connectivity index (χ1v) is 7.80. The topological polar surface area (TPSA) is 60.6 Å². The number of hydrogen-bond acceptors (Lipinski definition) is 4. The van der Waals surface area contributed by atoms with Crippen LogP contribution in [-0.4, -0.2) is 30.6 Å². The summed E-state index contributed by atoms with van der Waals surface area (Å²) < 4.78 is 3.81. The molecule has 2 aromatic heterocycles. The second-order valence-corrected chi connectivity index (χ2v) is 5.90. The molecule has 120 valence electrons. The fourth-order valence-corrected chi connectivity index (χ4v) is 2.58. The lowest BCUT2D eigenvalue weighted by atomic mass is 10.2. The molecule has 0 aliphatic carbocycles. The van der Waals surface area contributed by atoms with Gasteiger partial charge in [-0.25, -0.2) is 9.67 Å². The summed E-state index contributed by atoms with van der Waals surface area (Å²) in [6.07, 6.45) is 3.24. The molecule has 1 aromatic carbocycles. The zero-order chi connectivity index (χ0) is 16.2. The molecule has 0 aliphatic rings. The lowest BCUT2D eigenvalue weighted by Crippen LogP contribution is -2.30. The van der Waals surface area contributed by atoms with Gasteiger partial charge < -0.3 is 5.32 Å². The number of aromatic nitrogens is 5. The monoisotopic (exact) mass is 310 g/mol. The third-order valence-corrected chi connectivity index (χ3v) is 3.82. The van der Waals surface area contributed by atoms with E-state index in [9.17, 15) is 0 Å². The van der Waals surface area contributed by atoms with Crippen molar-refractivity contribution in [1.29, 1.82) is 0 Å². The Hall–Kier alpha value is -2.47. The fraction of sp³-hybridized carbons (Fsp3) is 0.353. The molecule has 3 rings (SSSR count). The van der Waals surface area contributed by atoms with Crippen molar-refractivity contribution in [2.24, 2.45) is 0 Å². The Balaban J connectivity index is 1.54. The van der Waals surface area contributed by atoms with E-state index in [1.54, 1.807) is 11.0 Å². The van der Waals surface area contributed by atoms with Crippen LogP contribution >= 0.6 is 0 Å². The van der Waals surface area contributed by atoms with Crippen molar-refractivity contribution in [2.75, 3.05) is 0 Å². The maximum Gasteiger partial charge on any atom is 0.138 e. The van der Waals surface area contributed by atoms with Crippen molar-refractivity contribution in [3.63, 3.8) is 0 Å². The zero-order valence-electron chi connectivity index (χ0n) is 13.8. The number of aryl methyl sites for hydroxylation is 2. The highest BCUT2D eigenvalue weighted by Gasteiger charge is 2.07. The standard InChI is InChI=1S/C17H22N6/c1-13-8-15(3)22(21-13)10-14(2)19-9-16-4-6-17(7-5-16)23-12-18-11-20-23/h4-8,11-12,14,19H,9-10H2,1-3H3. The molecule has 1 unspecified atom stereocenters. The Kier molecular flexibility index (Phi) is 4.52. The van der Waals surface area contributed by atoms with Crippen LogP contribution in [-0.2, 0) is 13.1 Å². The van der Waals surface area contributed by atoms with Crippen LogP contribution in [0, 0.1) is 13.8 Å². The second-order valence-electron chi connectivity index (χ2n) is 5.90. The predicted octanol–water partition coefficient (Wildman–Crippen LogP) is 2.26. The van der Waals surface area contributed by atoms with Gasteiger partial charge in [0.2, 0.25) is 0 Å². The van der Waals surface area contributed by atoms with Gasteiger partial charge in [-0.2, -0.15) is 10.2 Å². The highest BCUT2D eigenvalue weighted by Crippen LogP contribution is 2.08. The summed E-state index contributed by atoms with van der Waals surface area (Å²) in [5.74, 6) is 0. The van der Waals surface area contributed by atoms with Gasteiger partial charge in [-0.05, 0) is 44.5 Å². The number of nitrogens with zero attached hydrogens (tertiary/aromatic N) is 5. The Labute approximate surface area is 136 Å². The van der Waals surface area contributed by atoms with E-state index in [-0.39, 0.29) is 0 Å². The number of benzene rings is 1. The van der Waals surface area contributed by atoms with Gasteiger partial charge in [0, 0.05) is 18.3 Å². The van der Waals surface area contributed by atoms with Crippen LogP contribution in [0.4, 0.5) is 0 Å². The molecule has 0 saturated heterocycles. The van der Waals surface area contributed by atoms with Crippen LogP contribution in [0.3, 0.4) is 0 Å². The molecule has 0 radical (unpaired) electrons. The third kappa shape index (κ3) is 3.84. The second kappa shape index (κ2) is 6.75. The summed E-state index contributed by atoms with van der Waals surface area (Å²) in [5, 5.41) is 12.2. The molecule has 6 nitrogen and oxygen atoms in total. The van der Waals surface area contributed by atoms with Gasteiger partial charge in [0.25, 0.3) is 0 Å². The fourth-order valence-electron chi connectivity index (χ4n) is 2.58. The zero-order valence-corrected chi connectivity index (χ0v) is 13.8. The van der Waals surface area contributed by atoms with Crippen LogP contribution in [0.5, 0.6) is 0 Å². The van der Waals surface area contributed by atoms with Crippen molar-refractivity contribution >= 4 is 0 Å². The van der Waals surface area contributed by atoms with Gasteiger partial charge in [-0.1, -0.05) is 12.1 Å². The SMILES string of the molecule is Cc1cc(C)n(CC(C)NCc2ccc(-n3cncn3)cc2)n1. The first kappa shape index (κ1) is 15.4. The average Bonchev–Trinajstić information content (AvgIpc) is 3.16. The van der Waals surface area contributed by atoms with E-state index in [2.05, 4.69) is 69.4 Å². The number of hydrogen-bond donors (Lipinski definition) is 1. The quantitative estimate of drug-likeness (QED) is 0.758. The predicted molar refractivity (Wildman–Crippen MR) is 89.4 cm³/mol. The molecule has 0 spiro atoms. The smallest absolute Gasteiger partial charge is 0.138 e. The molecule has 3 aromatic rings. The molecule has 0 fully saturated rings. The normalized spacial score (nSPS) is 12.5. The largest absolute Gasteiger partial charge is 0.308 e. The first-order valence-electron chi connectivity index (χ1n) is 7.80. The van der Waals surface area contributed by atoms with Crippen LogP contribution in [0.2, 0.25) is 0 Å². The average molecular weight is 310 g/mol. The molecule has 0 bridgehead atoms. The van der Waals surface area contributed by atoms with E-state index in [1.807, 2.05) is 6.92 Å². The Morgan fingerprint density at radius 1 is 1.17 bits per heavy atom. The Morgan fingerprint density at radius 3 is 2.57 bits per heavy atom. The molecule has 0 aliphatic heterocycles. The van der Waals surface area contributed by atoms with Crippen molar-refractivity contribution in [3.05, 3.63) is 59.9 Å². The van der Waals surface area contributed by atoms with Crippen LogP contribution in [0.1, 0.15) is 23.9 Å². The minimum atomic E-state index is 0.350. The van der Waals surface area contributed by atoms with Gasteiger partial charge in [-0.15, -0.1) is 0 Å². The molecule has 6 heteroatoms. The molecular weight excluding hydrogens is 288 g/mol. The van der Waals surface area contributed by atoms with E-state index in [0.717, 1.165) is 24.5 Å². The summed E-state index contributed by atoms with van der Waals surface area (Å²) in [4.78, 5) is 3.96. The lowest BCUT2D eigenvalue weighted by molar-refractivity contribution is 0.444. The molecular formula is C17H22N6.